The number of nitrogens with zero attached hydrogens (tertiary/aromatic N) is 2. The Morgan fingerprint density at radius 3 is 2.59 bits per heavy atom. The smallest absolute Gasteiger partial charge is 0.422 e. The highest BCUT2D eigenvalue weighted by atomic mass is 32.2. The Kier molecular flexibility index (Phi) is 6.44. The van der Waals surface area contributed by atoms with Crippen molar-refractivity contribution in [2.45, 2.75) is 38.0 Å². The van der Waals surface area contributed by atoms with Crippen LogP contribution in [0.25, 0.3) is 11.3 Å². The number of halogens is 3. The third-order valence-corrected chi connectivity index (χ3v) is 7.53. The van der Waals surface area contributed by atoms with Gasteiger partial charge in [0.1, 0.15) is 22.9 Å². The van der Waals surface area contributed by atoms with Gasteiger partial charge in [0.05, 0.1) is 12.1 Å². The summed E-state index contributed by atoms with van der Waals surface area (Å²) in [7, 11) is -3.62. The highest BCUT2D eigenvalue weighted by molar-refractivity contribution is 7.91. The molecule has 1 spiro atoms. The van der Waals surface area contributed by atoms with E-state index in [0.717, 1.165) is 22.9 Å². The molecule has 13 heteroatoms. The molecule has 0 saturated carbocycles. The number of hydrogen-bond acceptors (Lipinski definition) is 6. The van der Waals surface area contributed by atoms with E-state index in [-0.39, 0.29) is 23.7 Å². The molecule has 1 aromatic heterocycles. The minimum atomic E-state index is -4.46. The number of ether oxygens (including phenoxy) is 1. The van der Waals surface area contributed by atoms with Gasteiger partial charge in [-0.3, -0.25) is 14.3 Å². The number of amides is 2. The van der Waals surface area contributed by atoms with Crippen LogP contribution in [0.1, 0.15) is 33.6 Å². The molecule has 1 atom stereocenters. The molecule has 5 rings (SSSR count). The van der Waals surface area contributed by atoms with Gasteiger partial charge in [-0.25, -0.2) is 8.42 Å². The fraction of sp³-hybridized carbons (Fsp3) is 0.346. The van der Waals surface area contributed by atoms with Crippen molar-refractivity contribution in [3.63, 3.8) is 0 Å². The van der Waals surface area contributed by atoms with Crippen LogP contribution in [0.4, 0.5) is 18.9 Å². The summed E-state index contributed by atoms with van der Waals surface area (Å²) in [5.41, 5.74) is 2.74. The number of benzene rings is 2. The number of aryl methyl sites for hydroxylation is 2. The van der Waals surface area contributed by atoms with Crippen LogP contribution in [0.2, 0.25) is 0 Å². The maximum absolute atomic E-state index is 13.5. The van der Waals surface area contributed by atoms with Gasteiger partial charge in [-0.15, -0.1) is 0 Å². The van der Waals surface area contributed by atoms with E-state index >= 15 is 0 Å². The van der Waals surface area contributed by atoms with Crippen molar-refractivity contribution in [3.05, 3.63) is 64.8 Å². The molecule has 0 radical (unpaired) electrons. The Balaban J connectivity index is 1.52. The zero-order valence-corrected chi connectivity index (χ0v) is 21.9. The van der Waals surface area contributed by atoms with Crippen molar-refractivity contribution in [2.24, 2.45) is 0 Å². The molecule has 2 heterocycles. The summed E-state index contributed by atoms with van der Waals surface area (Å²) < 4.78 is 67.5. The molecule has 2 aliphatic rings. The minimum Gasteiger partial charge on any atom is -0.484 e. The summed E-state index contributed by atoms with van der Waals surface area (Å²) in [5, 5.41) is 10.3. The molecule has 2 N–H and O–H groups in total. The second-order valence-electron chi connectivity index (χ2n) is 9.97. The van der Waals surface area contributed by atoms with Crippen LogP contribution in [-0.4, -0.2) is 54.8 Å². The predicted molar refractivity (Wildman–Crippen MR) is 136 cm³/mol. The van der Waals surface area contributed by atoms with Gasteiger partial charge < -0.3 is 15.4 Å². The molecule has 3 aromatic rings. The number of alkyl halides is 3. The molecule has 1 aliphatic heterocycles. The fourth-order valence-electron chi connectivity index (χ4n) is 5.10. The molecule has 39 heavy (non-hydrogen) atoms. The molecule has 0 saturated heterocycles. The van der Waals surface area contributed by atoms with Gasteiger partial charge in [-0.1, -0.05) is 35.9 Å². The number of anilines is 1. The van der Waals surface area contributed by atoms with Crippen LogP contribution in [0.3, 0.4) is 0 Å². The first-order valence-electron chi connectivity index (χ1n) is 12.0. The van der Waals surface area contributed by atoms with E-state index in [9.17, 15) is 31.2 Å². The lowest BCUT2D eigenvalue weighted by Gasteiger charge is -2.36. The number of sulfone groups is 1. The van der Waals surface area contributed by atoms with Crippen LogP contribution in [-0.2, 0) is 33.1 Å². The van der Waals surface area contributed by atoms with E-state index in [4.69, 9.17) is 4.74 Å². The standard InChI is InChI=1S/C26H25F3N4O5S/c1-15-3-5-16(6-4-15)21-22(30-20(34)12-39(2,36)37)23-24(35)31-25(13-33(23)32-21)10-9-17-11-18(7-8-19(17)25)38-14-26(27,28)29/h3-8,11H,9-10,12-14H2,1-2H3,(H,30,34)(H,31,35)/t25-/m1/s1. The molecule has 9 nitrogen and oxygen atoms in total. The second kappa shape index (κ2) is 9.40. The Morgan fingerprint density at radius 2 is 1.92 bits per heavy atom. The number of fused-ring (bicyclic) bond motifs is 3. The number of aromatic nitrogens is 2. The van der Waals surface area contributed by atoms with E-state index in [1.54, 1.807) is 24.3 Å². The maximum Gasteiger partial charge on any atom is 0.422 e. The van der Waals surface area contributed by atoms with E-state index in [2.05, 4.69) is 15.7 Å². The monoisotopic (exact) mass is 562 g/mol. The lowest BCUT2D eigenvalue weighted by molar-refractivity contribution is -0.153. The van der Waals surface area contributed by atoms with Crippen molar-refractivity contribution >= 4 is 27.3 Å². The number of rotatable bonds is 6. The predicted octanol–water partition coefficient (Wildman–Crippen LogP) is 3.37. The van der Waals surface area contributed by atoms with Gasteiger partial charge in [0.15, 0.2) is 22.1 Å². The zero-order chi connectivity index (χ0) is 28.2. The quantitative estimate of drug-likeness (QED) is 0.476. The van der Waals surface area contributed by atoms with Gasteiger partial charge in [-0.05, 0) is 43.0 Å². The van der Waals surface area contributed by atoms with Crippen molar-refractivity contribution < 1.29 is 35.9 Å². The Bertz CT molecular complexity index is 1580. The van der Waals surface area contributed by atoms with Crippen LogP contribution in [0, 0.1) is 6.92 Å². The van der Waals surface area contributed by atoms with Crippen molar-refractivity contribution in [1.29, 1.82) is 0 Å². The number of hydrogen-bond donors (Lipinski definition) is 2. The first-order chi connectivity index (χ1) is 18.2. The summed E-state index contributed by atoms with van der Waals surface area (Å²) in [6, 6.07) is 11.9. The first-order valence-corrected chi connectivity index (χ1v) is 14.1. The summed E-state index contributed by atoms with van der Waals surface area (Å²) in [4.78, 5) is 26.1. The Morgan fingerprint density at radius 1 is 1.21 bits per heavy atom. The summed E-state index contributed by atoms with van der Waals surface area (Å²) in [5.74, 6) is -2.00. The summed E-state index contributed by atoms with van der Waals surface area (Å²) in [6.45, 7) is 0.704. The topological polar surface area (TPSA) is 119 Å². The molecular weight excluding hydrogens is 537 g/mol. The van der Waals surface area contributed by atoms with Crippen LogP contribution in [0.5, 0.6) is 5.75 Å². The van der Waals surface area contributed by atoms with E-state index in [1.807, 2.05) is 19.1 Å². The summed E-state index contributed by atoms with van der Waals surface area (Å²) >= 11 is 0. The average Bonchev–Trinajstić information content (AvgIpc) is 3.35. The van der Waals surface area contributed by atoms with Gasteiger partial charge in [0.2, 0.25) is 5.91 Å². The van der Waals surface area contributed by atoms with E-state index in [1.165, 1.54) is 10.7 Å². The summed E-state index contributed by atoms with van der Waals surface area (Å²) in [6.07, 6.45) is -2.55. The van der Waals surface area contributed by atoms with Gasteiger partial charge in [-0.2, -0.15) is 18.3 Å². The largest absolute Gasteiger partial charge is 0.484 e. The highest BCUT2D eigenvalue weighted by Gasteiger charge is 2.46. The number of carbonyl (C=O) groups excluding carboxylic acids is 2. The molecule has 0 unspecified atom stereocenters. The molecule has 0 bridgehead atoms. The van der Waals surface area contributed by atoms with Crippen molar-refractivity contribution in [2.75, 3.05) is 23.9 Å². The van der Waals surface area contributed by atoms with Gasteiger partial charge >= 0.3 is 6.18 Å². The third kappa shape index (κ3) is 5.49. The Hall–Kier alpha value is -3.87. The van der Waals surface area contributed by atoms with E-state index < -0.39 is 45.7 Å². The van der Waals surface area contributed by atoms with Gasteiger partial charge in [0, 0.05) is 11.8 Å². The first kappa shape index (κ1) is 26.7. The normalized spacial score (nSPS) is 18.4. The minimum absolute atomic E-state index is 0.0802. The van der Waals surface area contributed by atoms with E-state index in [0.29, 0.717) is 24.1 Å². The molecule has 2 aromatic carbocycles. The molecule has 206 valence electrons. The van der Waals surface area contributed by atoms with Crippen LogP contribution in [0.15, 0.2) is 42.5 Å². The van der Waals surface area contributed by atoms with Gasteiger partial charge in [0.25, 0.3) is 5.91 Å². The molecule has 0 fully saturated rings. The molecule has 1 aliphatic carbocycles. The van der Waals surface area contributed by atoms with Crippen LogP contribution >= 0.6 is 0 Å². The third-order valence-electron chi connectivity index (χ3n) is 6.74. The fourth-order valence-corrected chi connectivity index (χ4v) is 5.65. The zero-order valence-electron chi connectivity index (χ0n) is 21.1. The maximum atomic E-state index is 13.5. The molecule has 2 amide bonds. The SMILES string of the molecule is Cc1ccc(-c2nn3c(c2NC(=O)CS(C)(=O)=O)C(=O)N[C@]2(CCc4cc(OCC(F)(F)F)ccc42)C3)cc1. The lowest BCUT2D eigenvalue weighted by atomic mass is 9.89. The van der Waals surface area contributed by atoms with Crippen LogP contribution < -0.4 is 15.4 Å². The van der Waals surface area contributed by atoms with Crippen molar-refractivity contribution in [1.82, 2.24) is 15.1 Å². The lowest BCUT2D eigenvalue weighted by Crippen LogP contribution is -2.52. The average molecular weight is 563 g/mol. The van der Waals surface area contributed by atoms with Crippen molar-refractivity contribution in [3.8, 4) is 17.0 Å². The Labute approximate surface area is 222 Å². The number of carbonyl (C=O) groups is 2. The molecular formula is C26H25F3N4O5S. The highest BCUT2D eigenvalue weighted by Crippen LogP contribution is 2.44. The second-order valence-corrected chi connectivity index (χ2v) is 12.1. The number of nitrogens with one attached hydrogen (secondary N) is 2.